The number of hydrogen-bond donors (Lipinski definition) is 2. The lowest BCUT2D eigenvalue weighted by Gasteiger charge is -2.31. The number of nitrogens with one attached hydrogen (secondary N) is 2. The van der Waals surface area contributed by atoms with Crippen LogP contribution in [0.25, 0.3) is 10.6 Å². The van der Waals surface area contributed by atoms with Gasteiger partial charge in [-0.3, -0.25) is 4.79 Å². The maximum Gasteiger partial charge on any atom is 0.321 e. The van der Waals surface area contributed by atoms with E-state index in [0.29, 0.717) is 43.2 Å². The van der Waals surface area contributed by atoms with Gasteiger partial charge in [-0.2, -0.15) is 0 Å². The van der Waals surface area contributed by atoms with E-state index in [1.54, 1.807) is 28.4 Å². The van der Waals surface area contributed by atoms with Crippen molar-refractivity contribution < 1.29 is 9.59 Å². The standard InChI is InChI=1S/C24H25ClN4O2S/c1-16-7-8-19(25)13-21(16)28-24(31)29-11-9-17(10-12-29)22(30)26-14-20-15-32-23(27-20)18-5-3-2-4-6-18/h2-8,13,15,17H,9-12,14H2,1H3,(H,26,30)(H,28,31). The van der Waals surface area contributed by atoms with Crippen molar-refractivity contribution in [1.82, 2.24) is 15.2 Å². The van der Waals surface area contributed by atoms with Crippen LogP contribution in [0, 0.1) is 12.8 Å². The molecule has 0 spiro atoms. The van der Waals surface area contributed by atoms with Gasteiger partial charge < -0.3 is 15.5 Å². The number of piperidine rings is 1. The van der Waals surface area contributed by atoms with E-state index in [1.807, 2.05) is 48.7 Å². The first-order valence-electron chi connectivity index (χ1n) is 10.6. The van der Waals surface area contributed by atoms with Crippen LogP contribution in [-0.2, 0) is 11.3 Å². The van der Waals surface area contributed by atoms with E-state index in [4.69, 9.17) is 11.6 Å². The van der Waals surface area contributed by atoms with Crippen molar-refractivity contribution in [2.75, 3.05) is 18.4 Å². The van der Waals surface area contributed by atoms with Gasteiger partial charge >= 0.3 is 6.03 Å². The molecule has 3 amide bonds. The predicted octanol–water partition coefficient (Wildman–Crippen LogP) is 5.33. The number of anilines is 1. The van der Waals surface area contributed by atoms with Crippen LogP contribution in [-0.4, -0.2) is 34.9 Å². The van der Waals surface area contributed by atoms with Gasteiger partial charge in [-0.25, -0.2) is 9.78 Å². The van der Waals surface area contributed by atoms with E-state index in [0.717, 1.165) is 21.8 Å². The van der Waals surface area contributed by atoms with Crippen LogP contribution < -0.4 is 10.6 Å². The smallest absolute Gasteiger partial charge is 0.321 e. The molecule has 166 valence electrons. The van der Waals surface area contributed by atoms with Gasteiger partial charge in [0.1, 0.15) is 5.01 Å². The second kappa shape index (κ2) is 10.1. The van der Waals surface area contributed by atoms with E-state index in [1.165, 1.54) is 0 Å². The summed E-state index contributed by atoms with van der Waals surface area (Å²) in [5.41, 5.74) is 3.60. The lowest BCUT2D eigenvalue weighted by Crippen LogP contribution is -2.44. The number of rotatable bonds is 5. The Balaban J connectivity index is 1.24. The van der Waals surface area contributed by atoms with Crippen LogP contribution in [0.15, 0.2) is 53.9 Å². The topological polar surface area (TPSA) is 74.3 Å². The number of thiazole rings is 1. The third-order valence-corrected chi connectivity index (χ3v) is 6.79. The average molecular weight is 469 g/mol. The Morgan fingerprint density at radius 2 is 1.91 bits per heavy atom. The minimum Gasteiger partial charge on any atom is -0.350 e. The number of hydrogen-bond acceptors (Lipinski definition) is 4. The number of benzene rings is 2. The number of amides is 3. The van der Waals surface area contributed by atoms with Crippen LogP contribution in [0.4, 0.5) is 10.5 Å². The quantitative estimate of drug-likeness (QED) is 0.531. The summed E-state index contributed by atoms with van der Waals surface area (Å²) in [5.74, 6) is -0.0795. The molecule has 0 atom stereocenters. The summed E-state index contributed by atoms with van der Waals surface area (Å²) in [6.07, 6.45) is 1.28. The molecule has 1 aliphatic rings. The van der Waals surface area contributed by atoms with E-state index >= 15 is 0 Å². The monoisotopic (exact) mass is 468 g/mol. The number of aryl methyl sites for hydroxylation is 1. The van der Waals surface area contributed by atoms with Crippen molar-refractivity contribution in [3.63, 3.8) is 0 Å². The zero-order valence-electron chi connectivity index (χ0n) is 17.8. The number of urea groups is 1. The fourth-order valence-electron chi connectivity index (χ4n) is 3.69. The van der Waals surface area contributed by atoms with Crippen molar-refractivity contribution in [3.8, 4) is 10.6 Å². The van der Waals surface area contributed by atoms with E-state index in [9.17, 15) is 9.59 Å². The summed E-state index contributed by atoms with van der Waals surface area (Å²) >= 11 is 7.61. The lowest BCUT2D eigenvalue weighted by molar-refractivity contribution is -0.126. The first-order chi connectivity index (χ1) is 15.5. The van der Waals surface area contributed by atoms with Crippen LogP contribution in [0.3, 0.4) is 0 Å². The number of carbonyl (C=O) groups excluding carboxylic acids is 2. The SMILES string of the molecule is Cc1ccc(Cl)cc1NC(=O)N1CCC(C(=O)NCc2csc(-c3ccccc3)n2)CC1. The Morgan fingerprint density at radius 3 is 2.66 bits per heavy atom. The normalized spacial score (nSPS) is 14.2. The average Bonchev–Trinajstić information content (AvgIpc) is 3.30. The van der Waals surface area contributed by atoms with E-state index in [2.05, 4.69) is 15.6 Å². The van der Waals surface area contributed by atoms with Crippen LogP contribution >= 0.6 is 22.9 Å². The summed E-state index contributed by atoms with van der Waals surface area (Å²) < 4.78 is 0. The minimum absolute atomic E-state index is 0.0185. The van der Waals surface area contributed by atoms with Crippen LogP contribution in [0.5, 0.6) is 0 Å². The Hall–Kier alpha value is -2.90. The second-order valence-electron chi connectivity index (χ2n) is 7.88. The molecular formula is C24H25ClN4O2S. The molecule has 0 saturated carbocycles. The molecule has 32 heavy (non-hydrogen) atoms. The summed E-state index contributed by atoms with van der Waals surface area (Å²) in [4.78, 5) is 31.6. The molecule has 3 aromatic rings. The van der Waals surface area contributed by atoms with Crippen molar-refractivity contribution >= 4 is 40.6 Å². The molecule has 6 nitrogen and oxygen atoms in total. The zero-order valence-corrected chi connectivity index (χ0v) is 19.4. The van der Waals surface area contributed by atoms with Gasteiger partial charge in [0, 0.05) is 40.7 Å². The predicted molar refractivity (Wildman–Crippen MR) is 129 cm³/mol. The zero-order chi connectivity index (χ0) is 22.5. The highest BCUT2D eigenvalue weighted by atomic mass is 35.5. The van der Waals surface area contributed by atoms with Crippen molar-refractivity contribution in [2.45, 2.75) is 26.3 Å². The summed E-state index contributed by atoms with van der Waals surface area (Å²) in [7, 11) is 0. The van der Waals surface area contributed by atoms with Gasteiger partial charge in [0.2, 0.25) is 5.91 Å². The molecule has 0 unspecified atom stereocenters. The number of halogens is 1. The maximum absolute atomic E-state index is 12.6. The number of aromatic nitrogens is 1. The van der Waals surface area contributed by atoms with Crippen molar-refractivity contribution in [3.05, 3.63) is 70.2 Å². The van der Waals surface area contributed by atoms with Gasteiger partial charge in [0.05, 0.1) is 12.2 Å². The second-order valence-corrected chi connectivity index (χ2v) is 9.17. The highest BCUT2D eigenvalue weighted by molar-refractivity contribution is 7.13. The van der Waals surface area contributed by atoms with Gasteiger partial charge in [-0.1, -0.05) is 48.0 Å². The molecule has 0 bridgehead atoms. The number of carbonyl (C=O) groups is 2. The fourth-order valence-corrected chi connectivity index (χ4v) is 4.69. The molecule has 2 heterocycles. The number of likely N-dealkylation sites (tertiary alicyclic amines) is 1. The van der Waals surface area contributed by atoms with Gasteiger partial charge in [-0.15, -0.1) is 11.3 Å². The summed E-state index contributed by atoms with van der Waals surface area (Å²) in [5, 5.41) is 9.43. The molecule has 2 N–H and O–H groups in total. The molecule has 1 aliphatic heterocycles. The molecule has 1 aromatic heterocycles. The minimum atomic E-state index is -0.162. The number of nitrogens with zero attached hydrogens (tertiary/aromatic N) is 2. The van der Waals surface area contributed by atoms with Gasteiger partial charge in [-0.05, 0) is 37.5 Å². The molecule has 0 radical (unpaired) electrons. The van der Waals surface area contributed by atoms with Crippen LogP contribution in [0.2, 0.25) is 5.02 Å². The molecule has 1 fully saturated rings. The first kappa shape index (κ1) is 22.3. The highest BCUT2D eigenvalue weighted by Gasteiger charge is 2.27. The molecular weight excluding hydrogens is 444 g/mol. The highest BCUT2D eigenvalue weighted by Crippen LogP contribution is 2.24. The fraction of sp³-hybridized carbons (Fsp3) is 0.292. The Labute approximate surface area is 196 Å². The van der Waals surface area contributed by atoms with E-state index in [-0.39, 0.29) is 17.9 Å². The van der Waals surface area contributed by atoms with Crippen molar-refractivity contribution in [1.29, 1.82) is 0 Å². The van der Waals surface area contributed by atoms with Crippen LogP contribution in [0.1, 0.15) is 24.1 Å². The van der Waals surface area contributed by atoms with Gasteiger partial charge in [0.15, 0.2) is 0 Å². The lowest BCUT2D eigenvalue weighted by atomic mass is 9.96. The Bertz CT molecular complexity index is 1090. The first-order valence-corrected chi connectivity index (χ1v) is 11.8. The molecule has 1 saturated heterocycles. The largest absolute Gasteiger partial charge is 0.350 e. The Kier molecular flexibility index (Phi) is 7.07. The molecule has 8 heteroatoms. The summed E-state index contributed by atoms with van der Waals surface area (Å²) in [6, 6.07) is 15.3. The molecule has 4 rings (SSSR count). The summed E-state index contributed by atoms with van der Waals surface area (Å²) in [6.45, 7) is 3.42. The maximum atomic E-state index is 12.6. The van der Waals surface area contributed by atoms with Gasteiger partial charge in [0.25, 0.3) is 0 Å². The molecule has 0 aliphatic carbocycles. The molecule has 2 aromatic carbocycles. The Morgan fingerprint density at radius 1 is 1.16 bits per heavy atom. The third-order valence-electron chi connectivity index (χ3n) is 5.61. The van der Waals surface area contributed by atoms with E-state index < -0.39 is 0 Å². The third kappa shape index (κ3) is 5.47. The van der Waals surface area contributed by atoms with Crippen molar-refractivity contribution in [2.24, 2.45) is 5.92 Å².